The van der Waals surface area contributed by atoms with E-state index < -0.39 is 15.9 Å². The van der Waals surface area contributed by atoms with Crippen LogP contribution in [0.1, 0.15) is 48.8 Å². The van der Waals surface area contributed by atoms with E-state index in [0.717, 1.165) is 12.8 Å². The van der Waals surface area contributed by atoms with Crippen molar-refractivity contribution in [1.82, 2.24) is 15.5 Å². The number of primary sulfonamides is 1. The minimum atomic E-state index is -3.96. The number of rotatable bonds is 4. The topological polar surface area (TPSA) is 118 Å². The van der Waals surface area contributed by atoms with Crippen molar-refractivity contribution in [2.75, 3.05) is 0 Å². The quantitative estimate of drug-likeness (QED) is 0.718. The summed E-state index contributed by atoms with van der Waals surface area (Å²) in [5, 5.41) is 14.2. The highest BCUT2D eigenvalue weighted by Crippen LogP contribution is 2.42. The average Bonchev–Trinajstić information content (AvgIpc) is 2.93. The van der Waals surface area contributed by atoms with Crippen LogP contribution in [0.5, 0.6) is 0 Å². The van der Waals surface area contributed by atoms with Gasteiger partial charge in [0, 0.05) is 12.0 Å². The fraction of sp³-hybridized carbons (Fsp3) is 0.600. The van der Waals surface area contributed by atoms with E-state index >= 15 is 0 Å². The summed E-state index contributed by atoms with van der Waals surface area (Å²) in [4.78, 5) is 11.7. The van der Waals surface area contributed by atoms with Gasteiger partial charge in [0.2, 0.25) is 10.0 Å². The normalized spacial score (nSPS) is 16.0. The molecule has 0 atom stereocenters. The highest BCUT2D eigenvalue weighted by atomic mass is 32.2. The first kappa shape index (κ1) is 13.0. The molecule has 0 bridgehead atoms. The number of carbonyl (C=O) groups is 1. The number of sulfonamides is 1. The third-order valence-electron chi connectivity index (χ3n) is 2.65. The SMILES string of the molecule is CC(C)NC(=O)c1n[nH]c(C2CC2)c1S(N)(=O)=O. The zero-order chi connectivity index (χ0) is 13.5. The Kier molecular flexibility index (Phi) is 3.16. The zero-order valence-electron chi connectivity index (χ0n) is 10.2. The van der Waals surface area contributed by atoms with Gasteiger partial charge < -0.3 is 5.32 Å². The third-order valence-corrected chi connectivity index (χ3v) is 3.64. The Morgan fingerprint density at radius 1 is 1.50 bits per heavy atom. The van der Waals surface area contributed by atoms with Gasteiger partial charge in [0.05, 0.1) is 5.69 Å². The number of nitrogens with zero attached hydrogens (tertiary/aromatic N) is 1. The minimum absolute atomic E-state index is 0.105. The fourth-order valence-electron chi connectivity index (χ4n) is 1.77. The lowest BCUT2D eigenvalue weighted by atomic mass is 10.2. The summed E-state index contributed by atoms with van der Waals surface area (Å²) in [6.45, 7) is 3.56. The Morgan fingerprint density at radius 2 is 2.11 bits per heavy atom. The molecule has 1 fully saturated rings. The van der Waals surface area contributed by atoms with Crippen LogP contribution < -0.4 is 10.5 Å². The molecule has 0 spiro atoms. The maximum atomic E-state index is 11.9. The molecule has 1 heterocycles. The number of hydrogen-bond donors (Lipinski definition) is 3. The van der Waals surface area contributed by atoms with Gasteiger partial charge in [-0.05, 0) is 26.7 Å². The van der Waals surface area contributed by atoms with Crippen molar-refractivity contribution in [2.24, 2.45) is 5.14 Å². The first-order valence-electron chi connectivity index (χ1n) is 5.72. The van der Waals surface area contributed by atoms with E-state index in [1.807, 2.05) is 0 Å². The summed E-state index contributed by atoms with van der Waals surface area (Å²) < 4.78 is 23.2. The van der Waals surface area contributed by atoms with Gasteiger partial charge in [-0.1, -0.05) is 0 Å². The van der Waals surface area contributed by atoms with Crippen LogP contribution in [0, 0.1) is 0 Å². The molecule has 4 N–H and O–H groups in total. The largest absolute Gasteiger partial charge is 0.348 e. The molecule has 0 saturated heterocycles. The van der Waals surface area contributed by atoms with Crippen molar-refractivity contribution in [3.63, 3.8) is 0 Å². The van der Waals surface area contributed by atoms with Crippen LogP contribution in [0.25, 0.3) is 0 Å². The molecule has 18 heavy (non-hydrogen) atoms. The van der Waals surface area contributed by atoms with E-state index in [-0.39, 0.29) is 22.5 Å². The Labute approximate surface area is 105 Å². The fourth-order valence-corrected chi connectivity index (χ4v) is 2.69. The van der Waals surface area contributed by atoms with Crippen molar-refractivity contribution in [3.05, 3.63) is 11.4 Å². The van der Waals surface area contributed by atoms with Crippen LogP contribution in [0.3, 0.4) is 0 Å². The van der Waals surface area contributed by atoms with E-state index in [1.54, 1.807) is 13.8 Å². The standard InChI is InChI=1S/C10H16N4O3S/c1-5(2)12-10(15)8-9(18(11,16)17)7(13-14-8)6-3-4-6/h5-6H,3-4H2,1-2H3,(H,12,15)(H,13,14)(H2,11,16,17). The number of nitrogens with two attached hydrogens (primary N) is 1. The highest BCUT2D eigenvalue weighted by Gasteiger charge is 2.35. The molecular formula is C10H16N4O3S. The summed E-state index contributed by atoms with van der Waals surface area (Å²) >= 11 is 0. The third kappa shape index (κ3) is 2.54. The summed E-state index contributed by atoms with van der Waals surface area (Å²) in [6, 6.07) is -0.105. The molecule has 7 nitrogen and oxygen atoms in total. The molecule has 1 aromatic rings. The number of H-pyrrole nitrogens is 1. The van der Waals surface area contributed by atoms with E-state index in [0.29, 0.717) is 5.69 Å². The highest BCUT2D eigenvalue weighted by molar-refractivity contribution is 7.89. The number of nitrogens with one attached hydrogen (secondary N) is 2. The van der Waals surface area contributed by atoms with Crippen LogP contribution in [0.15, 0.2) is 4.90 Å². The van der Waals surface area contributed by atoms with E-state index in [9.17, 15) is 13.2 Å². The van der Waals surface area contributed by atoms with Crippen molar-refractivity contribution >= 4 is 15.9 Å². The monoisotopic (exact) mass is 272 g/mol. The number of aromatic amines is 1. The predicted octanol–water partition coefficient (Wildman–Crippen LogP) is 0.0727. The number of aromatic nitrogens is 2. The lowest BCUT2D eigenvalue weighted by Gasteiger charge is -2.07. The Hall–Kier alpha value is -1.41. The molecule has 8 heteroatoms. The summed E-state index contributed by atoms with van der Waals surface area (Å²) in [6.07, 6.45) is 1.77. The van der Waals surface area contributed by atoms with Crippen LogP contribution in [-0.2, 0) is 10.0 Å². The molecule has 0 aliphatic heterocycles. The molecule has 100 valence electrons. The van der Waals surface area contributed by atoms with Crippen LogP contribution in [-0.4, -0.2) is 30.6 Å². The molecule has 1 aliphatic carbocycles. The number of carbonyl (C=O) groups excluding carboxylic acids is 1. The number of hydrogen-bond acceptors (Lipinski definition) is 4. The molecular weight excluding hydrogens is 256 g/mol. The maximum absolute atomic E-state index is 11.9. The Bertz CT molecular complexity index is 572. The second-order valence-corrected chi connectivity index (χ2v) is 6.26. The molecule has 0 unspecified atom stereocenters. The van der Waals surface area contributed by atoms with Crippen molar-refractivity contribution in [3.8, 4) is 0 Å². The van der Waals surface area contributed by atoms with Gasteiger partial charge in [-0.2, -0.15) is 5.10 Å². The predicted molar refractivity (Wildman–Crippen MR) is 64.5 cm³/mol. The summed E-state index contributed by atoms with van der Waals surface area (Å²) in [5.41, 5.74) is 0.305. The average molecular weight is 272 g/mol. The second-order valence-electron chi connectivity index (χ2n) is 4.76. The van der Waals surface area contributed by atoms with Gasteiger partial charge in [-0.25, -0.2) is 13.6 Å². The van der Waals surface area contributed by atoms with Gasteiger partial charge in [-0.3, -0.25) is 9.89 Å². The smallest absolute Gasteiger partial charge is 0.273 e. The number of amides is 1. The molecule has 1 aromatic heterocycles. The van der Waals surface area contributed by atoms with E-state index in [4.69, 9.17) is 5.14 Å². The first-order valence-corrected chi connectivity index (χ1v) is 7.27. The van der Waals surface area contributed by atoms with E-state index in [1.165, 1.54) is 0 Å². The minimum Gasteiger partial charge on any atom is -0.348 e. The van der Waals surface area contributed by atoms with Crippen LogP contribution >= 0.6 is 0 Å². The first-order chi connectivity index (χ1) is 8.30. The maximum Gasteiger partial charge on any atom is 0.273 e. The zero-order valence-corrected chi connectivity index (χ0v) is 11.0. The second kappa shape index (κ2) is 4.36. The lowest BCUT2D eigenvalue weighted by Crippen LogP contribution is -2.32. The molecule has 2 rings (SSSR count). The van der Waals surface area contributed by atoms with Crippen LogP contribution in [0.2, 0.25) is 0 Å². The van der Waals surface area contributed by atoms with E-state index in [2.05, 4.69) is 15.5 Å². The van der Waals surface area contributed by atoms with Gasteiger partial charge in [0.1, 0.15) is 4.90 Å². The lowest BCUT2D eigenvalue weighted by molar-refractivity contribution is 0.0934. The van der Waals surface area contributed by atoms with Crippen LogP contribution in [0.4, 0.5) is 0 Å². The van der Waals surface area contributed by atoms with Crippen molar-refractivity contribution < 1.29 is 13.2 Å². The van der Waals surface area contributed by atoms with Gasteiger partial charge >= 0.3 is 0 Å². The summed E-state index contributed by atoms with van der Waals surface area (Å²) in [5.74, 6) is -0.413. The van der Waals surface area contributed by atoms with Gasteiger partial charge in [0.15, 0.2) is 5.69 Å². The van der Waals surface area contributed by atoms with Crippen molar-refractivity contribution in [1.29, 1.82) is 0 Å². The molecule has 1 aliphatic rings. The Balaban J connectivity index is 2.45. The Morgan fingerprint density at radius 3 is 2.56 bits per heavy atom. The molecule has 0 radical (unpaired) electrons. The van der Waals surface area contributed by atoms with Gasteiger partial charge in [-0.15, -0.1) is 0 Å². The van der Waals surface area contributed by atoms with Crippen molar-refractivity contribution in [2.45, 2.75) is 43.5 Å². The van der Waals surface area contributed by atoms with Gasteiger partial charge in [0.25, 0.3) is 5.91 Å². The summed E-state index contributed by atoms with van der Waals surface area (Å²) in [7, 11) is -3.96. The molecule has 1 saturated carbocycles. The molecule has 1 amide bonds. The molecule has 0 aromatic carbocycles.